The third kappa shape index (κ3) is 5.44. The van der Waals surface area contributed by atoms with Gasteiger partial charge in [0.1, 0.15) is 5.60 Å². The maximum Gasteiger partial charge on any atom is 0.444 e. The smallest absolute Gasteiger partial charge is 0.442 e. The molecule has 1 aliphatic carbocycles. The number of amides is 1. The molecule has 0 aliphatic heterocycles. The van der Waals surface area contributed by atoms with Crippen LogP contribution in [0.5, 0.6) is 0 Å². The molecule has 0 unspecified atom stereocenters. The third-order valence-corrected chi connectivity index (χ3v) is 3.97. The van der Waals surface area contributed by atoms with Crippen LogP contribution in [0.2, 0.25) is 0 Å². The lowest BCUT2D eigenvalue weighted by atomic mass is 9.95. The largest absolute Gasteiger partial charge is 0.444 e. The maximum atomic E-state index is 12.5. The lowest BCUT2D eigenvalue weighted by Crippen LogP contribution is -2.45. The average Bonchev–Trinajstić information content (AvgIpc) is 2.58. The Morgan fingerprint density at radius 1 is 1.12 bits per heavy atom. The molecule has 8 heteroatoms. The van der Waals surface area contributed by atoms with E-state index in [2.05, 4.69) is 0 Å². The van der Waals surface area contributed by atoms with Crippen LogP contribution in [0, 0.1) is 10.1 Å². The fourth-order valence-electron chi connectivity index (χ4n) is 2.74. The van der Waals surface area contributed by atoms with Gasteiger partial charge in [0.15, 0.2) is 0 Å². The van der Waals surface area contributed by atoms with Crippen LogP contribution in [0.1, 0.15) is 63.2 Å². The second-order valence-corrected chi connectivity index (χ2v) is 7.28. The van der Waals surface area contributed by atoms with Gasteiger partial charge in [0.2, 0.25) is 0 Å². The van der Waals surface area contributed by atoms with Gasteiger partial charge in [-0.05, 0) is 45.7 Å². The van der Waals surface area contributed by atoms with Crippen LogP contribution >= 0.6 is 0 Å². The van der Waals surface area contributed by atoms with E-state index in [-0.39, 0.29) is 17.3 Å². The molecule has 0 atom stereocenters. The number of rotatable bonds is 3. The number of hydrogen-bond donors (Lipinski definition) is 0. The van der Waals surface area contributed by atoms with Gasteiger partial charge in [-0.1, -0.05) is 19.3 Å². The monoisotopic (exact) mass is 364 g/mol. The summed E-state index contributed by atoms with van der Waals surface area (Å²) in [5.41, 5.74) is -0.721. The summed E-state index contributed by atoms with van der Waals surface area (Å²) in [6.07, 6.45) is 3.71. The van der Waals surface area contributed by atoms with E-state index in [1.165, 1.54) is 24.3 Å². The number of benzene rings is 1. The van der Waals surface area contributed by atoms with Crippen molar-refractivity contribution in [1.82, 2.24) is 5.06 Å². The molecule has 0 spiro atoms. The molecular weight excluding hydrogens is 340 g/mol. The molecule has 1 aromatic carbocycles. The maximum absolute atomic E-state index is 12.5. The summed E-state index contributed by atoms with van der Waals surface area (Å²) in [5, 5.41) is 11.7. The summed E-state index contributed by atoms with van der Waals surface area (Å²) in [5.74, 6) is -0.753. The highest BCUT2D eigenvalue weighted by Crippen LogP contribution is 2.25. The Morgan fingerprint density at radius 3 is 2.19 bits per heavy atom. The van der Waals surface area contributed by atoms with Crippen molar-refractivity contribution in [3.63, 3.8) is 0 Å². The molecule has 1 amide bonds. The molecular formula is C18H24N2O6. The Hall–Kier alpha value is -2.64. The topological polar surface area (TPSA) is 99.0 Å². The lowest BCUT2D eigenvalue weighted by Gasteiger charge is -2.33. The van der Waals surface area contributed by atoms with E-state index in [1.807, 2.05) is 0 Å². The summed E-state index contributed by atoms with van der Waals surface area (Å²) < 4.78 is 5.36. The van der Waals surface area contributed by atoms with Crippen molar-refractivity contribution in [2.45, 2.75) is 64.5 Å². The van der Waals surface area contributed by atoms with Gasteiger partial charge in [0, 0.05) is 12.1 Å². The minimum absolute atomic E-state index is 0.125. The first-order chi connectivity index (χ1) is 12.2. The average molecular weight is 364 g/mol. The molecule has 26 heavy (non-hydrogen) atoms. The molecule has 0 heterocycles. The number of nitro groups is 1. The summed E-state index contributed by atoms with van der Waals surface area (Å²) in [6, 6.07) is 4.80. The number of non-ortho nitro benzene ring substituents is 1. The van der Waals surface area contributed by atoms with Crippen molar-refractivity contribution in [1.29, 1.82) is 0 Å². The highest BCUT2D eigenvalue weighted by atomic mass is 16.8. The summed E-state index contributed by atoms with van der Waals surface area (Å²) in [7, 11) is 0. The van der Waals surface area contributed by atoms with E-state index in [1.54, 1.807) is 20.8 Å². The van der Waals surface area contributed by atoms with Crippen molar-refractivity contribution in [3.8, 4) is 0 Å². The van der Waals surface area contributed by atoms with Crippen LogP contribution < -0.4 is 0 Å². The SMILES string of the molecule is CC(C)(C)OC(=O)N(OC(=O)c1ccc([N+](=O)[O-])cc1)C1CCCCC1. The van der Waals surface area contributed by atoms with Crippen LogP contribution in [0.4, 0.5) is 10.5 Å². The summed E-state index contributed by atoms with van der Waals surface area (Å²) in [4.78, 5) is 40.4. The molecule has 1 aromatic rings. The summed E-state index contributed by atoms with van der Waals surface area (Å²) >= 11 is 0. The molecule has 1 aliphatic rings. The molecule has 0 N–H and O–H groups in total. The van der Waals surface area contributed by atoms with Gasteiger partial charge in [0.05, 0.1) is 16.5 Å². The summed E-state index contributed by atoms with van der Waals surface area (Å²) in [6.45, 7) is 5.21. The van der Waals surface area contributed by atoms with E-state index < -0.39 is 22.6 Å². The zero-order valence-corrected chi connectivity index (χ0v) is 15.3. The van der Waals surface area contributed by atoms with E-state index in [0.29, 0.717) is 0 Å². The van der Waals surface area contributed by atoms with E-state index in [0.717, 1.165) is 37.2 Å². The zero-order valence-electron chi connectivity index (χ0n) is 15.3. The fourth-order valence-corrected chi connectivity index (χ4v) is 2.74. The normalized spacial score (nSPS) is 15.2. The highest BCUT2D eigenvalue weighted by Gasteiger charge is 2.33. The zero-order chi connectivity index (χ0) is 19.3. The van der Waals surface area contributed by atoms with Crippen LogP contribution in [-0.4, -0.2) is 33.7 Å². The van der Waals surface area contributed by atoms with E-state index >= 15 is 0 Å². The Balaban J connectivity index is 2.15. The first kappa shape index (κ1) is 19.7. The standard InChI is InChI=1S/C18H24N2O6/c1-18(2,3)25-17(22)19(14-7-5-4-6-8-14)26-16(21)13-9-11-15(12-10-13)20(23)24/h9-12,14H,4-8H2,1-3H3. The van der Waals surface area contributed by atoms with Gasteiger partial charge < -0.3 is 9.57 Å². The predicted octanol–water partition coefficient (Wildman–Crippen LogP) is 4.24. The molecule has 142 valence electrons. The Bertz CT molecular complexity index is 659. The lowest BCUT2D eigenvalue weighted by molar-refractivity contribution is -0.384. The Labute approximate surface area is 152 Å². The first-order valence-corrected chi connectivity index (χ1v) is 8.66. The van der Waals surface area contributed by atoms with Gasteiger partial charge in [0.25, 0.3) is 5.69 Å². The van der Waals surface area contributed by atoms with Gasteiger partial charge in [-0.15, -0.1) is 5.06 Å². The highest BCUT2D eigenvalue weighted by molar-refractivity contribution is 5.90. The molecule has 0 radical (unpaired) electrons. The molecule has 2 rings (SSSR count). The number of nitrogens with zero attached hydrogens (tertiary/aromatic N) is 2. The molecule has 0 aromatic heterocycles. The number of carbonyl (C=O) groups is 2. The minimum atomic E-state index is -0.753. The fraction of sp³-hybridized carbons (Fsp3) is 0.556. The van der Waals surface area contributed by atoms with E-state index in [4.69, 9.17) is 9.57 Å². The number of hydrogen-bond acceptors (Lipinski definition) is 6. The van der Waals surface area contributed by atoms with Crippen LogP contribution in [-0.2, 0) is 9.57 Å². The number of nitro benzene ring substituents is 1. The number of carbonyl (C=O) groups excluding carboxylic acids is 2. The Kier molecular flexibility index (Phi) is 6.18. The van der Waals surface area contributed by atoms with Crippen LogP contribution in [0.3, 0.4) is 0 Å². The second kappa shape index (κ2) is 8.16. The molecule has 0 saturated heterocycles. The number of hydroxylamine groups is 2. The molecule has 1 fully saturated rings. The van der Waals surface area contributed by atoms with Crippen LogP contribution in [0.25, 0.3) is 0 Å². The molecule has 1 saturated carbocycles. The van der Waals surface area contributed by atoms with Gasteiger partial charge in [-0.3, -0.25) is 10.1 Å². The van der Waals surface area contributed by atoms with E-state index in [9.17, 15) is 19.7 Å². The quantitative estimate of drug-likeness (QED) is 0.588. The van der Waals surface area contributed by atoms with Crippen LogP contribution in [0.15, 0.2) is 24.3 Å². The molecule has 0 bridgehead atoms. The van der Waals surface area contributed by atoms with Crippen molar-refractivity contribution in [2.24, 2.45) is 0 Å². The predicted molar refractivity (Wildman–Crippen MR) is 93.5 cm³/mol. The van der Waals surface area contributed by atoms with Crippen molar-refractivity contribution >= 4 is 17.7 Å². The van der Waals surface area contributed by atoms with Gasteiger partial charge in [-0.25, -0.2) is 9.59 Å². The molecule has 8 nitrogen and oxygen atoms in total. The number of ether oxygens (including phenoxy) is 1. The minimum Gasteiger partial charge on any atom is -0.442 e. The first-order valence-electron chi connectivity index (χ1n) is 8.66. The van der Waals surface area contributed by atoms with Crippen molar-refractivity contribution in [3.05, 3.63) is 39.9 Å². The van der Waals surface area contributed by atoms with Gasteiger partial charge in [-0.2, -0.15) is 0 Å². The van der Waals surface area contributed by atoms with Crippen molar-refractivity contribution < 1.29 is 24.1 Å². The van der Waals surface area contributed by atoms with Gasteiger partial charge >= 0.3 is 12.1 Å². The van der Waals surface area contributed by atoms with Crippen molar-refractivity contribution in [2.75, 3.05) is 0 Å². The third-order valence-electron chi connectivity index (χ3n) is 3.97. The Morgan fingerprint density at radius 2 is 1.69 bits per heavy atom. The second-order valence-electron chi connectivity index (χ2n) is 7.28.